The maximum absolute atomic E-state index is 12.0. The Morgan fingerprint density at radius 3 is 2.91 bits per heavy atom. The van der Waals surface area contributed by atoms with Crippen LogP contribution in [0.1, 0.15) is 43.2 Å². The van der Waals surface area contributed by atoms with Crippen molar-refractivity contribution in [1.82, 2.24) is 5.32 Å². The molecule has 0 aromatic heterocycles. The van der Waals surface area contributed by atoms with E-state index in [0.717, 1.165) is 49.1 Å². The van der Waals surface area contributed by atoms with Crippen molar-refractivity contribution in [3.05, 3.63) is 71.8 Å². The summed E-state index contributed by atoms with van der Waals surface area (Å²) in [6.07, 6.45) is 12.4. The van der Waals surface area contributed by atoms with Gasteiger partial charge in [0, 0.05) is 34.8 Å². The molecule has 1 heterocycles. The summed E-state index contributed by atoms with van der Waals surface area (Å²) in [5.74, 6) is 1.24. The summed E-state index contributed by atoms with van der Waals surface area (Å²) < 4.78 is 5.72. The van der Waals surface area contributed by atoms with E-state index in [9.17, 15) is 4.79 Å². The molecule has 7 heteroatoms. The molecule has 2 aromatic rings. The zero-order valence-corrected chi connectivity index (χ0v) is 18.5. The van der Waals surface area contributed by atoms with Gasteiger partial charge in [-0.1, -0.05) is 24.3 Å². The van der Waals surface area contributed by atoms with Gasteiger partial charge >= 0.3 is 0 Å². The number of hydrogen-bond donors (Lipinski definition) is 4. The Morgan fingerprint density at radius 1 is 1.21 bits per heavy atom. The van der Waals surface area contributed by atoms with Crippen molar-refractivity contribution >= 4 is 35.0 Å². The Hall–Kier alpha value is -3.87. The molecule has 5 N–H and O–H groups in total. The van der Waals surface area contributed by atoms with Gasteiger partial charge in [0.2, 0.25) is 0 Å². The molecule has 1 aliphatic carbocycles. The number of carbonyl (C=O) groups is 1. The van der Waals surface area contributed by atoms with Gasteiger partial charge < -0.3 is 26.5 Å². The summed E-state index contributed by atoms with van der Waals surface area (Å²) in [4.78, 5) is 16.8. The lowest BCUT2D eigenvalue weighted by Crippen LogP contribution is -2.30. The molecule has 33 heavy (non-hydrogen) atoms. The zero-order valence-electron chi connectivity index (χ0n) is 18.5. The highest BCUT2D eigenvalue weighted by molar-refractivity contribution is 6.06. The topological polar surface area (TPSA) is 113 Å². The number of carbonyl (C=O) groups excluding carboxylic acids is 1. The molecule has 1 aliphatic heterocycles. The summed E-state index contributed by atoms with van der Waals surface area (Å²) in [5.41, 5.74) is 9.69. The largest absolute Gasteiger partial charge is 0.484 e. The minimum absolute atomic E-state index is 0.00427. The Morgan fingerprint density at radius 2 is 2.09 bits per heavy atom. The first-order valence-electron chi connectivity index (χ1n) is 11.3. The molecule has 1 fully saturated rings. The molecule has 170 valence electrons. The fourth-order valence-electron chi connectivity index (χ4n) is 3.45. The molecule has 0 atom stereocenters. The number of nitrogen functional groups attached to an aromatic ring is 1. The summed E-state index contributed by atoms with van der Waals surface area (Å²) in [7, 11) is 0. The predicted molar refractivity (Wildman–Crippen MR) is 134 cm³/mol. The Balaban J connectivity index is 1.53. The van der Waals surface area contributed by atoms with Crippen molar-refractivity contribution < 1.29 is 9.53 Å². The fourth-order valence-corrected chi connectivity index (χ4v) is 3.45. The van der Waals surface area contributed by atoms with Crippen LogP contribution in [-0.4, -0.2) is 30.6 Å². The fraction of sp³-hybridized carbons (Fsp3) is 0.269. The summed E-state index contributed by atoms with van der Waals surface area (Å²) in [5, 5.41) is 13.8. The lowest BCUT2D eigenvalue weighted by Gasteiger charge is -2.11. The lowest BCUT2D eigenvalue weighted by molar-refractivity contribution is -0.123. The highest BCUT2D eigenvalue weighted by Crippen LogP contribution is 2.25. The smallest absolute Gasteiger partial charge is 0.258 e. The van der Waals surface area contributed by atoms with E-state index in [1.807, 2.05) is 42.5 Å². The van der Waals surface area contributed by atoms with Gasteiger partial charge in [0.15, 0.2) is 6.61 Å². The van der Waals surface area contributed by atoms with Gasteiger partial charge in [-0.05, 0) is 68.5 Å². The molecule has 4 rings (SSSR count). The molecule has 0 radical (unpaired) electrons. The number of rotatable bonds is 7. The van der Waals surface area contributed by atoms with Crippen LogP contribution in [0, 0.1) is 5.41 Å². The number of nitrogens with one attached hydrogen (secondary N) is 3. The number of ether oxygens (including phenoxy) is 1. The number of amides is 1. The van der Waals surface area contributed by atoms with Crippen LogP contribution in [0.2, 0.25) is 0 Å². The number of hydrogen-bond acceptors (Lipinski definition) is 6. The minimum Gasteiger partial charge on any atom is -0.484 e. The van der Waals surface area contributed by atoms with Crippen LogP contribution in [-0.2, 0) is 4.79 Å². The minimum atomic E-state index is -0.0907. The van der Waals surface area contributed by atoms with E-state index in [1.54, 1.807) is 6.07 Å². The van der Waals surface area contributed by atoms with Gasteiger partial charge in [-0.15, -0.1) is 0 Å². The van der Waals surface area contributed by atoms with Crippen LogP contribution in [0.4, 0.5) is 11.4 Å². The Kier molecular flexibility index (Phi) is 7.19. The van der Waals surface area contributed by atoms with Crippen LogP contribution in [0.25, 0.3) is 5.70 Å². The second-order valence-corrected chi connectivity index (χ2v) is 8.19. The highest BCUT2D eigenvalue weighted by atomic mass is 16.5. The normalized spacial score (nSPS) is 15.9. The summed E-state index contributed by atoms with van der Waals surface area (Å²) in [6.45, 7) is 0.00427. The van der Waals surface area contributed by atoms with Crippen molar-refractivity contribution in [3.8, 4) is 5.75 Å². The molecule has 0 unspecified atom stereocenters. The van der Waals surface area contributed by atoms with Crippen molar-refractivity contribution in [2.24, 2.45) is 4.99 Å². The van der Waals surface area contributed by atoms with E-state index in [0.29, 0.717) is 28.9 Å². The third-order valence-corrected chi connectivity index (χ3v) is 5.39. The van der Waals surface area contributed by atoms with Crippen LogP contribution < -0.4 is 21.1 Å². The lowest BCUT2D eigenvalue weighted by atomic mass is 10.1. The number of amidine groups is 1. The van der Waals surface area contributed by atoms with Gasteiger partial charge in [0.25, 0.3) is 5.91 Å². The van der Waals surface area contributed by atoms with Crippen molar-refractivity contribution in [2.75, 3.05) is 17.7 Å². The van der Waals surface area contributed by atoms with Gasteiger partial charge in [-0.2, -0.15) is 0 Å². The molecule has 0 saturated heterocycles. The zero-order chi connectivity index (χ0) is 23.0. The van der Waals surface area contributed by atoms with E-state index in [4.69, 9.17) is 20.9 Å². The number of aliphatic imine (C=N–C) groups is 1. The van der Waals surface area contributed by atoms with E-state index in [2.05, 4.69) is 22.8 Å². The second kappa shape index (κ2) is 10.6. The second-order valence-electron chi connectivity index (χ2n) is 8.19. The maximum atomic E-state index is 12.0. The average molecular weight is 444 g/mol. The van der Waals surface area contributed by atoms with Crippen molar-refractivity contribution in [3.63, 3.8) is 0 Å². The monoisotopic (exact) mass is 443 g/mol. The molecular weight excluding hydrogens is 414 g/mol. The average Bonchev–Trinajstić information content (AvgIpc) is 3.62. The van der Waals surface area contributed by atoms with Gasteiger partial charge in [-0.3, -0.25) is 4.79 Å². The third-order valence-electron chi connectivity index (χ3n) is 5.39. The SMILES string of the molecule is N=Cc1cc(NC2=NC(c3cccc(OCC(=O)NC4CC4)c3)=CCCCC=C2)ccc1N. The van der Waals surface area contributed by atoms with E-state index < -0.39 is 0 Å². The van der Waals surface area contributed by atoms with E-state index in [-0.39, 0.29) is 12.5 Å². The molecular formula is C26H29N5O2. The molecule has 1 saturated carbocycles. The summed E-state index contributed by atoms with van der Waals surface area (Å²) >= 11 is 0. The van der Waals surface area contributed by atoms with Crippen molar-refractivity contribution in [1.29, 1.82) is 5.41 Å². The molecule has 2 aromatic carbocycles. The number of nitrogens with two attached hydrogens (primary N) is 1. The highest BCUT2D eigenvalue weighted by Gasteiger charge is 2.23. The van der Waals surface area contributed by atoms with Gasteiger partial charge in [0.1, 0.15) is 11.6 Å². The van der Waals surface area contributed by atoms with Gasteiger partial charge in [-0.25, -0.2) is 4.99 Å². The number of nitrogens with zero attached hydrogens (tertiary/aromatic N) is 1. The first-order valence-corrected chi connectivity index (χ1v) is 11.3. The van der Waals surface area contributed by atoms with Crippen molar-refractivity contribution in [2.45, 2.75) is 38.1 Å². The number of allylic oxidation sites excluding steroid dienone is 2. The summed E-state index contributed by atoms with van der Waals surface area (Å²) in [6, 6.07) is 13.5. The number of anilines is 2. The predicted octanol–water partition coefficient (Wildman–Crippen LogP) is 4.52. The first-order chi connectivity index (χ1) is 16.1. The Bertz CT molecular complexity index is 1120. The van der Waals surface area contributed by atoms with Gasteiger partial charge in [0.05, 0.1) is 5.70 Å². The quantitative estimate of drug-likeness (QED) is 0.372. The Labute approximate surface area is 194 Å². The third kappa shape index (κ3) is 6.55. The van der Waals surface area contributed by atoms with E-state index >= 15 is 0 Å². The van der Waals surface area contributed by atoms with Crippen LogP contribution in [0.15, 0.2) is 65.7 Å². The first kappa shape index (κ1) is 22.3. The maximum Gasteiger partial charge on any atom is 0.258 e. The molecule has 0 bridgehead atoms. The number of benzene rings is 2. The molecule has 2 aliphatic rings. The van der Waals surface area contributed by atoms with Crippen LogP contribution in [0.5, 0.6) is 5.75 Å². The van der Waals surface area contributed by atoms with E-state index in [1.165, 1.54) is 6.21 Å². The van der Waals surface area contributed by atoms with Crippen LogP contribution in [0.3, 0.4) is 0 Å². The standard InChI is InChI=1S/C26H29N5O2/c27-16-19-14-21(12-13-23(19)28)29-25-9-4-2-1-3-8-24(31-25)18-6-5-7-22(15-18)33-17-26(32)30-20-10-11-20/h4-9,12-16,20,27H,1-3,10-11,17,28H2,(H,29,31)(H,30,32). The molecule has 1 amide bonds. The molecule has 0 spiro atoms. The molecule has 7 nitrogen and oxygen atoms in total. The van der Waals surface area contributed by atoms with Crippen LogP contribution >= 0.6 is 0 Å².